The lowest BCUT2D eigenvalue weighted by atomic mass is 9.82. The van der Waals surface area contributed by atoms with Gasteiger partial charge in [-0.1, -0.05) is 46.8 Å². The average molecular weight is 679 g/mol. The third-order valence-electron chi connectivity index (χ3n) is 8.11. The van der Waals surface area contributed by atoms with Gasteiger partial charge in [0.1, 0.15) is 11.4 Å². The molecule has 4 unspecified atom stereocenters. The Hall–Kier alpha value is -3.38. The summed E-state index contributed by atoms with van der Waals surface area (Å²) in [4.78, 5) is 53.6. The standard InChI is InChI=1S/C36H62N4O8/c1-11-18-40(34(44)37-9)33(43)28(25(4)5)22-30(41)29(39-35(45)48-36(6,7)8)21-26(24(2)3)23-38-32(42)27-16-12-13-17-31(27)47-20-15-14-19-46-10/h12-13,16-17,24-26,28-30,41H,11,14-15,18-23H2,1-10H3,(H,37,44)(H,38,42)(H,39,45). The molecule has 12 heteroatoms. The van der Waals surface area contributed by atoms with E-state index in [4.69, 9.17) is 14.2 Å². The van der Waals surface area contributed by atoms with Gasteiger partial charge in [0.2, 0.25) is 5.91 Å². The van der Waals surface area contributed by atoms with Crippen molar-refractivity contribution in [3.8, 4) is 5.75 Å². The van der Waals surface area contributed by atoms with Gasteiger partial charge < -0.3 is 35.3 Å². The molecule has 4 atom stereocenters. The minimum atomic E-state index is -1.15. The van der Waals surface area contributed by atoms with Crippen molar-refractivity contribution in [2.75, 3.05) is 40.5 Å². The zero-order chi connectivity index (χ0) is 36.4. The molecular formula is C36H62N4O8. The number of alkyl carbamates (subject to hydrolysis) is 1. The molecule has 4 N–H and O–H groups in total. The molecule has 0 aromatic heterocycles. The van der Waals surface area contributed by atoms with E-state index < -0.39 is 35.8 Å². The molecule has 1 aromatic carbocycles. The second kappa shape index (κ2) is 21.6. The number of nitrogens with one attached hydrogen (secondary N) is 3. The van der Waals surface area contributed by atoms with Crippen molar-refractivity contribution in [1.29, 1.82) is 0 Å². The van der Waals surface area contributed by atoms with Crippen LogP contribution in [0.15, 0.2) is 24.3 Å². The number of rotatable bonds is 20. The highest BCUT2D eigenvalue weighted by atomic mass is 16.6. The zero-order valence-electron chi connectivity index (χ0n) is 30.9. The number of unbranched alkanes of at least 4 members (excludes halogenated alkanes) is 1. The van der Waals surface area contributed by atoms with E-state index in [9.17, 15) is 24.3 Å². The number of ether oxygens (including phenoxy) is 3. The number of hydrogen-bond donors (Lipinski definition) is 4. The number of hydrogen-bond acceptors (Lipinski definition) is 8. The third kappa shape index (κ3) is 15.2. The van der Waals surface area contributed by atoms with E-state index in [-0.39, 0.29) is 49.1 Å². The topological polar surface area (TPSA) is 156 Å². The van der Waals surface area contributed by atoms with Gasteiger partial charge in [0.05, 0.1) is 24.3 Å². The van der Waals surface area contributed by atoms with Crippen molar-refractivity contribution < 1.29 is 38.5 Å². The maximum Gasteiger partial charge on any atom is 0.407 e. The minimum Gasteiger partial charge on any atom is -0.493 e. The molecule has 5 amide bonds. The van der Waals surface area contributed by atoms with Crippen LogP contribution in [0.4, 0.5) is 9.59 Å². The SMILES string of the molecule is CCCN(C(=O)NC)C(=O)C(CC(O)C(CC(CNC(=O)c1ccccc1OCCCCOC)C(C)C)NC(=O)OC(C)(C)C)C(C)C. The summed E-state index contributed by atoms with van der Waals surface area (Å²) in [5, 5.41) is 20.0. The molecule has 0 spiro atoms. The third-order valence-corrected chi connectivity index (χ3v) is 8.11. The normalized spacial score (nSPS) is 14.1. The lowest BCUT2D eigenvalue weighted by molar-refractivity contribution is -0.135. The van der Waals surface area contributed by atoms with E-state index in [0.717, 1.165) is 12.8 Å². The first-order valence-corrected chi connectivity index (χ1v) is 17.3. The quantitative estimate of drug-likeness (QED) is 0.134. The predicted molar refractivity (Wildman–Crippen MR) is 187 cm³/mol. The van der Waals surface area contributed by atoms with Crippen LogP contribution in [0, 0.1) is 23.7 Å². The van der Waals surface area contributed by atoms with Crippen LogP contribution in [-0.4, -0.2) is 92.2 Å². The van der Waals surface area contributed by atoms with Crippen molar-refractivity contribution in [3.05, 3.63) is 29.8 Å². The number of aliphatic hydroxyl groups excluding tert-OH is 1. The summed E-state index contributed by atoms with van der Waals surface area (Å²) in [5.74, 6) is -1.16. The molecule has 0 heterocycles. The lowest BCUT2D eigenvalue weighted by Crippen LogP contribution is -2.51. The Morgan fingerprint density at radius 3 is 2.17 bits per heavy atom. The van der Waals surface area contributed by atoms with Crippen LogP contribution < -0.4 is 20.7 Å². The molecule has 0 fully saturated rings. The molecule has 0 saturated heterocycles. The fourth-order valence-corrected chi connectivity index (χ4v) is 5.27. The monoisotopic (exact) mass is 678 g/mol. The van der Waals surface area contributed by atoms with Gasteiger partial charge in [-0.3, -0.25) is 14.5 Å². The Morgan fingerprint density at radius 2 is 1.60 bits per heavy atom. The molecule has 0 aliphatic carbocycles. The van der Waals surface area contributed by atoms with E-state index in [1.807, 2.05) is 40.7 Å². The summed E-state index contributed by atoms with van der Waals surface area (Å²) < 4.78 is 16.5. The maximum atomic E-state index is 13.6. The summed E-state index contributed by atoms with van der Waals surface area (Å²) >= 11 is 0. The van der Waals surface area contributed by atoms with Crippen molar-refractivity contribution in [2.45, 2.75) is 105 Å². The van der Waals surface area contributed by atoms with Crippen molar-refractivity contribution in [2.24, 2.45) is 23.7 Å². The van der Waals surface area contributed by atoms with E-state index >= 15 is 0 Å². The van der Waals surface area contributed by atoms with Gasteiger partial charge in [-0.15, -0.1) is 0 Å². The van der Waals surface area contributed by atoms with Crippen molar-refractivity contribution >= 4 is 23.9 Å². The second-order valence-electron chi connectivity index (χ2n) is 13.9. The molecule has 0 saturated carbocycles. The van der Waals surface area contributed by atoms with Crippen LogP contribution in [0.3, 0.4) is 0 Å². The highest BCUT2D eigenvalue weighted by Gasteiger charge is 2.36. The number of amides is 5. The molecule has 0 aliphatic heterocycles. The Balaban J connectivity index is 3.21. The number of para-hydroxylation sites is 1. The first-order valence-electron chi connectivity index (χ1n) is 17.3. The smallest absolute Gasteiger partial charge is 0.407 e. The number of urea groups is 1. The summed E-state index contributed by atoms with van der Waals surface area (Å²) in [6, 6.07) is 5.77. The maximum absolute atomic E-state index is 13.6. The first kappa shape index (κ1) is 42.6. The molecule has 1 rings (SSSR count). The average Bonchev–Trinajstić information content (AvgIpc) is 3.01. The molecule has 1 aromatic rings. The number of nitrogens with zero attached hydrogens (tertiary/aromatic N) is 1. The summed E-state index contributed by atoms with van der Waals surface area (Å²) in [6.07, 6.45) is 0.694. The largest absolute Gasteiger partial charge is 0.493 e. The van der Waals surface area contributed by atoms with Gasteiger partial charge in [0.15, 0.2) is 0 Å². The van der Waals surface area contributed by atoms with Crippen molar-refractivity contribution in [3.63, 3.8) is 0 Å². The molecular weight excluding hydrogens is 616 g/mol. The van der Waals surface area contributed by atoms with E-state index in [2.05, 4.69) is 16.0 Å². The second-order valence-corrected chi connectivity index (χ2v) is 13.9. The molecule has 0 bridgehead atoms. The summed E-state index contributed by atoms with van der Waals surface area (Å²) in [7, 11) is 3.13. The first-order chi connectivity index (χ1) is 22.6. The highest BCUT2D eigenvalue weighted by molar-refractivity contribution is 5.97. The van der Waals surface area contributed by atoms with Crippen LogP contribution in [-0.2, 0) is 14.3 Å². The fourth-order valence-electron chi connectivity index (χ4n) is 5.27. The summed E-state index contributed by atoms with van der Waals surface area (Å²) in [6.45, 7) is 16.5. The van der Waals surface area contributed by atoms with Gasteiger partial charge in [-0.25, -0.2) is 9.59 Å². The Labute approximate surface area is 288 Å². The number of carbonyl (C=O) groups excluding carboxylic acids is 4. The van der Waals surface area contributed by atoms with E-state index in [1.165, 1.54) is 11.9 Å². The number of methoxy groups -OCH3 is 1. The Morgan fingerprint density at radius 1 is 0.958 bits per heavy atom. The number of imide groups is 1. The van der Waals surface area contributed by atoms with Crippen LogP contribution in [0.2, 0.25) is 0 Å². The number of benzene rings is 1. The fraction of sp³-hybridized carbons (Fsp3) is 0.722. The Bertz CT molecular complexity index is 1140. The van der Waals surface area contributed by atoms with Gasteiger partial charge in [0.25, 0.3) is 5.91 Å². The van der Waals surface area contributed by atoms with Crippen LogP contribution in [0.1, 0.15) is 97.9 Å². The van der Waals surface area contributed by atoms with Crippen LogP contribution in [0.25, 0.3) is 0 Å². The minimum absolute atomic E-state index is 0.0143. The molecule has 274 valence electrons. The Kier molecular flexibility index (Phi) is 19.2. The number of carbonyl (C=O) groups is 4. The van der Waals surface area contributed by atoms with Gasteiger partial charge in [-0.05, 0) is 82.8 Å². The van der Waals surface area contributed by atoms with Gasteiger partial charge >= 0.3 is 12.1 Å². The van der Waals surface area contributed by atoms with E-state index in [1.54, 1.807) is 46.1 Å². The van der Waals surface area contributed by atoms with Crippen LogP contribution in [0.5, 0.6) is 5.75 Å². The zero-order valence-corrected chi connectivity index (χ0v) is 30.9. The number of aliphatic hydroxyl groups is 1. The van der Waals surface area contributed by atoms with E-state index in [0.29, 0.717) is 37.4 Å². The van der Waals surface area contributed by atoms with Gasteiger partial charge in [0, 0.05) is 39.8 Å². The van der Waals surface area contributed by atoms with Gasteiger partial charge in [-0.2, -0.15) is 0 Å². The molecule has 0 radical (unpaired) electrons. The molecule has 0 aliphatic rings. The molecule has 12 nitrogen and oxygen atoms in total. The van der Waals surface area contributed by atoms with Crippen molar-refractivity contribution in [1.82, 2.24) is 20.9 Å². The lowest BCUT2D eigenvalue weighted by Gasteiger charge is -2.34. The molecule has 48 heavy (non-hydrogen) atoms. The van der Waals surface area contributed by atoms with Crippen LogP contribution >= 0.6 is 0 Å². The summed E-state index contributed by atoms with van der Waals surface area (Å²) in [5.41, 5.74) is -0.351. The highest BCUT2D eigenvalue weighted by Crippen LogP contribution is 2.26. The predicted octanol–water partition coefficient (Wildman–Crippen LogP) is 5.38.